The van der Waals surface area contributed by atoms with Gasteiger partial charge in [0.1, 0.15) is 5.75 Å². The maximum Gasteiger partial charge on any atom is 0.227 e. The number of fused-ring (bicyclic) bond motifs is 1. The molecule has 3 nitrogen and oxygen atoms in total. The molecule has 1 N–H and O–H groups in total. The quantitative estimate of drug-likeness (QED) is 0.893. The van der Waals surface area contributed by atoms with E-state index in [0.29, 0.717) is 19.5 Å². The molecule has 1 aliphatic heterocycles. The number of hydrogen-bond acceptors (Lipinski definition) is 2. The highest BCUT2D eigenvalue weighted by atomic mass is 16.3. The first kappa shape index (κ1) is 11.8. The van der Waals surface area contributed by atoms with E-state index in [1.54, 1.807) is 12.1 Å². The molecule has 0 spiro atoms. The number of rotatable bonds is 2. The van der Waals surface area contributed by atoms with E-state index >= 15 is 0 Å². The summed E-state index contributed by atoms with van der Waals surface area (Å²) in [6.45, 7) is 1.25. The van der Waals surface area contributed by atoms with E-state index in [0.717, 1.165) is 11.1 Å². The van der Waals surface area contributed by atoms with Gasteiger partial charge < -0.3 is 10.0 Å². The third-order valence-corrected chi connectivity index (χ3v) is 3.48. The fraction of sp³-hybridized carbons (Fsp3) is 0.188. The Balaban J connectivity index is 1.79. The van der Waals surface area contributed by atoms with Crippen molar-refractivity contribution in [1.82, 2.24) is 4.90 Å². The van der Waals surface area contributed by atoms with Crippen LogP contribution in [0, 0.1) is 0 Å². The van der Waals surface area contributed by atoms with E-state index in [9.17, 15) is 9.90 Å². The highest BCUT2D eigenvalue weighted by Gasteiger charge is 2.22. The Kier molecular flexibility index (Phi) is 2.95. The molecule has 0 bridgehead atoms. The number of phenolic OH excluding ortho intramolecular Hbond substituents is 1. The number of aromatic hydroxyl groups is 1. The molecule has 0 fully saturated rings. The van der Waals surface area contributed by atoms with Crippen molar-refractivity contribution in [3.63, 3.8) is 0 Å². The molecule has 0 saturated carbocycles. The Morgan fingerprint density at radius 3 is 2.42 bits per heavy atom. The topological polar surface area (TPSA) is 40.5 Å². The van der Waals surface area contributed by atoms with Crippen molar-refractivity contribution >= 4 is 5.91 Å². The van der Waals surface area contributed by atoms with Gasteiger partial charge in [-0.05, 0) is 28.8 Å². The van der Waals surface area contributed by atoms with Crippen LogP contribution in [0.25, 0.3) is 0 Å². The van der Waals surface area contributed by atoms with Gasteiger partial charge in [0.2, 0.25) is 5.91 Å². The zero-order chi connectivity index (χ0) is 13.2. The Hall–Kier alpha value is -2.29. The molecule has 0 unspecified atom stereocenters. The van der Waals surface area contributed by atoms with Gasteiger partial charge in [-0.1, -0.05) is 36.4 Å². The van der Waals surface area contributed by atoms with Crippen LogP contribution in [0.4, 0.5) is 0 Å². The Morgan fingerprint density at radius 2 is 1.68 bits per heavy atom. The van der Waals surface area contributed by atoms with Crippen LogP contribution in [-0.4, -0.2) is 15.9 Å². The van der Waals surface area contributed by atoms with Gasteiger partial charge >= 0.3 is 0 Å². The molecule has 0 atom stereocenters. The summed E-state index contributed by atoms with van der Waals surface area (Å²) >= 11 is 0. The van der Waals surface area contributed by atoms with E-state index in [1.807, 2.05) is 35.2 Å². The average molecular weight is 253 g/mol. The van der Waals surface area contributed by atoms with Crippen LogP contribution in [0.2, 0.25) is 0 Å². The first-order chi connectivity index (χ1) is 9.22. The van der Waals surface area contributed by atoms with E-state index in [1.165, 1.54) is 5.56 Å². The lowest BCUT2D eigenvalue weighted by molar-refractivity contribution is -0.132. The maximum absolute atomic E-state index is 12.1. The van der Waals surface area contributed by atoms with Crippen molar-refractivity contribution in [2.45, 2.75) is 19.5 Å². The summed E-state index contributed by atoms with van der Waals surface area (Å²) in [5.74, 6) is 0.408. The summed E-state index contributed by atoms with van der Waals surface area (Å²) < 4.78 is 0. The SMILES string of the molecule is O=C1Cc2ccccc2CN1Cc1ccc(O)cc1. The second kappa shape index (κ2) is 4.76. The monoisotopic (exact) mass is 253 g/mol. The van der Waals surface area contributed by atoms with Crippen molar-refractivity contribution in [1.29, 1.82) is 0 Å². The molecule has 3 rings (SSSR count). The number of phenols is 1. The van der Waals surface area contributed by atoms with Crippen molar-refractivity contribution in [2.75, 3.05) is 0 Å². The first-order valence-corrected chi connectivity index (χ1v) is 6.35. The second-order valence-electron chi connectivity index (χ2n) is 4.86. The van der Waals surface area contributed by atoms with Gasteiger partial charge in [0.05, 0.1) is 6.42 Å². The van der Waals surface area contributed by atoms with Gasteiger partial charge in [-0.2, -0.15) is 0 Å². The number of hydrogen-bond donors (Lipinski definition) is 1. The molecule has 1 aliphatic rings. The van der Waals surface area contributed by atoms with Crippen LogP contribution in [0.1, 0.15) is 16.7 Å². The van der Waals surface area contributed by atoms with Crippen LogP contribution in [-0.2, 0) is 24.3 Å². The molecule has 0 aliphatic carbocycles. The molecule has 0 saturated heterocycles. The molecule has 0 aromatic heterocycles. The number of amides is 1. The molecule has 1 amide bonds. The summed E-state index contributed by atoms with van der Waals surface area (Å²) in [5.41, 5.74) is 3.39. The second-order valence-corrected chi connectivity index (χ2v) is 4.86. The van der Waals surface area contributed by atoms with Gasteiger partial charge in [-0.3, -0.25) is 4.79 Å². The first-order valence-electron chi connectivity index (χ1n) is 6.35. The van der Waals surface area contributed by atoms with Gasteiger partial charge in [-0.25, -0.2) is 0 Å². The predicted molar refractivity (Wildman–Crippen MR) is 72.5 cm³/mol. The molecule has 19 heavy (non-hydrogen) atoms. The molecular formula is C16H15NO2. The van der Waals surface area contributed by atoms with E-state index in [-0.39, 0.29) is 11.7 Å². The minimum Gasteiger partial charge on any atom is -0.508 e. The molecule has 3 heteroatoms. The normalized spacial score (nSPS) is 14.3. The average Bonchev–Trinajstić information content (AvgIpc) is 2.42. The van der Waals surface area contributed by atoms with Crippen LogP contribution < -0.4 is 0 Å². The summed E-state index contributed by atoms with van der Waals surface area (Å²) in [7, 11) is 0. The Bertz CT molecular complexity index is 604. The van der Waals surface area contributed by atoms with E-state index in [2.05, 4.69) is 6.07 Å². The number of carbonyl (C=O) groups excluding carboxylic acids is 1. The lowest BCUT2D eigenvalue weighted by Gasteiger charge is -2.28. The lowest BCUT2D eigenvalue weighted by atomic mass is 9.99. The molecular weight excluding hydrogens is 238 g/mol. The summed E-state index contributed by atoms with van der Waals surface area (Å²) in [4.78, 5) is 14.0. The van der Waals surface area contributed by atoms with Crippen LogP contribution in [0.3, 0.4) is 0 Å². The Labute approximate surface area is 112 Å². The highest BCUT2D eigenvalue weighted by Crippen LogP contribution is 2.21. The van der Waals surface area contributed by atoms with Gasteiger partial charge in [0.15, 0.2) is 0 Å². The number of benzene rings is 2. The molecule has 2 aromatic rings. The van der Waals surface area contributed by atoms with Gasteiger partial charge in [0, 0.05) is 13.1 Å². The predicted octanol–water partition coefficient (Wildman–Crippen LogP) is 2.48. The minimum atomic E-state index is 0.159. The van der Waals surface area contributed by atoms with Crippen LogP contribution in [0.15, 0.2) is 48.5 Å². The molecule has 96 valence electrons. The van der Waals surface area contributed by atoms with E-state index in [4.69, 9.17) is 0 Å². The summed E-state index contributed by atoms with van der Waals surface area (Å²) in [5, 5.41) is 9.26. The smallest absolute Gasteiger partial charge is 0.227 e. The van der Waals surface area contributed by atoms with Crippen LogP contribution in [0.5, 0.6) is 5.75 Å². The maximum atomic E-state index is 12.1. The standard InChI is InChI=1S/C16H15NO2/c18-15-7-5-12(6-8-15)10-17-11-14-4-2-1-3-13(14)9-16(17)19/h1-8,18H,9-11H2. The fourth-order valence-electron chi connectivity index (χ4n) is 2.42. The van der Waals surface area contributed by atoms with Crippen LogP contribution >= 0.6 is 0 Å². The minimum absolute atomic E-state index is 0.159. The Morgan fingerprint density at radius 1 is 1.00 bits per heavy atom. The lowest BCUT2D eigenvalue weighted by Crippen LogP contribution is -2.35. The third-order valence-electron chi connectivity index (χ3n) is 3.48. The fourth-order valence-corrected chi connectivity index (χ4v) is 2.42. The number of carbonyl (C=O) groups is 1. The third kappa shape index (κ3) is 2.45. The van der Waals surface area contributed by atoms with Crippen molar-refractivity contribution in [3.8, 4) is 5.75 Å². The van der Waals surface area contributed by atoms with Crippen molar-refractivity contribution in [2.24, 2.45) is 0 Å². The zero-order valence-electron chi connectivity index (χ0n) is 10.5. The van der Waals surface area contributed by atoms with E-state index < -0.39 is 0 Å². The highest BCUT2D eigenvalue weighted by molar-refractivity contribution is 5.80. The van der Waals surface area contributed by atoms with Crippen molar-refractivity contribution in [3.05, 3.63) is 65.2 Å². The molecule has 2 aromatic carbocycles. The largest absolute Gasteiger partial charge is 0.508 e. The molecule has 0 radical (unpaired) electrons. The number of nitrogens with zero attached hydrogens (tertiary/aromatic N) is 1. The van der Waals surface area contributed by atoms with Gasteiger partial charge in [-0.15, -0.1) is 0 Å². The van der Waals surface area contributed by atoms with Gasteiger partial charge in [0.25, 0.3) is 0 Å². The summed E-state index contributed by atoms with van der Waals surface area (Å²) in [6.07, 6.45) is 0.480. The molecule has 1 heterocycles. The zero-order valence-corrected chi connectivity index (χ0v) is 10.5. The summed E-state index contributed by atoms with van der Waals surface area (Å²) in [6, 6.07) is 15.1. The van der Waals surface area contributed by atoms with Crippen molar-refractivity contribution < 1.29 is 9.90 Å².